The average molecular weight is 244 g/mol. The molecular weight excluding hydrogens is 224 g/mol. The van der Waals surface area contributed by atoms with Gasteiger partial charge in [-0.15, -0.1) is 0 Å². The van der Waals surface area contributed by atoms with Crippen LogP contribution in [0.15, 0.2) is 0 Å². The molecule has 1 saturated heterocycles. The largest absolute Gasteiger partial charge is 0.387 e. The maximum Gasteiger partial charge on any atom is 0.187 e. The Kier molecular flexibility index (Phi) is 2.25. The van der Waals surface area contributed by atoms with Crippen molar-refractivity contribution in [3.05, 3.63) is 0 Å². The van der Waals surface area contributed by atoms with Gasteiger partial charge in [-0.05, 0) is 19.8 Å². The van der Waals surface area contributed by atoms with Crippen LogP contribution in [0.3, 0.4) is 0 Å². The lowest BCUT2D eigenvalue weighted by Gasteiger charge is -2.35. The summed E-state index contributed by atoms with van der Waals surface area (Å²) in [6, 6.07) is 0. The van der Waals surface area contributed by atoms with E-state index in [1.54, 1.807) is 6.92 Å². The summed E-state index contributed by atoms with van der Waals surface area (Å²) >= 11 is 0. The van der Waals surface area contributed by atoms with Gasteiger partial charge >= 0.3 is 0 Å². The van der Waals surface area contributed by atoms with E-state index in [4.69, 9.17) is 4.74 Å². The van der Waals surface area contributed by atoms with E-state index in [2.05, 4.69) is 0 Å². The normalized spacial score (nSPS) is 56.6. The van der Waals surface area contributed by atoms with Gasteiger partial charge in [-0.3, -0.25) is 0 Å². The molecular formula is C12H20O5. The third-order valence-corrected chi connectivity index (χ3v) is 5.26. The fourth-order valence-corrected chi connectivity index (χ4v) is 4.28. The Morgan fingerprint density at radius 2 is 1.59 bits per heavy atom. The summed E-state index contributed by atoms with van der Waals surface area (Å²) in [6.45, 7) is 1.60. The van der Waals surface area contributed by atoms with E-state index in [0.717, 1.165) is 19.3 Å². The molecule has 5 nitrogen and oxygen atoms in total. The molecule has 98 valence electrons. The van der Waals surface area contributed by atoms with Crippen LogP contribution in [0.1, 0.15) is 39.0 Å². The number of hydrogen-bond donors (Lipinski definition) is 4. The maximum atomic E-state index is 10.7. The second kappa shape index (κ2) is 3.22. The predicted molar refractivity (Wildman–Crippen MR) is 58.0 cm³/mol. The molecule has 0 bridgehead atoms. The lowest BCUT2D eigenvalue weighted by atomic mass is 9.80. The molecule has 1 aliphatic heterocycles. The molecule has 5 atom stereocenters. The standard InChI is InChI=1S/C12H20O5/c1-7-8(13)11(15)10(5-3-2-4-6-10)12(11,16)9(14)17-7/h7-9,13-16H,2-6H2,1H3/t7-,8-,9+,11-,12+/m0/s1. The lowest BCUT2D eigenvalue weighted by molar-refractivity contribution is -0.278. The van der Waals surface area contributed by atoms with E-state index < -0.39 is 35.1 Å². The number of hydrogen-bond acceptors (Lipinski definition) is 5. The Morgan fingerprint density at radius 3 is 2.18 bits per heavy atom. The van der Waals surface area contributed by atoms with Crippen LogP contribution < -0.4 is 0 Å². The third kappa shape index (κ3) is 1.00. The summed E-state index contributed by atoms with van der Waals surface area (Å²) in [5.74, 6) is 0. The lowest BCUT2D eigenvalue weighted by Crippen LogP contribution is -2.56. The van der Waals surface area contributed by atoms with Crippen molar-refractivity contribution in [3.63, 3.8) is 0 Å². The molecule has 5 heteroatoms. The molecule has 2 saturated carbocycles. The van der Waals surface area contributed by atoms with E-state index >= 15 is 0 Å². The highest BCUT2D eigenvalue weighted by molar-refractivity contribution is 5.40. The van der Waals surface area contributed by atoms with Gasteiger partial charge in [0.15, 0.2) is 11.9 Å². The first-order valence-corrected chi connectivity index (χ1v) is 6.38. The predicted octanol–water partition coefficient (Wildman–Crippen LogP) is -0.489. The van der Waals surface area contributed by atoms with Gasteiger partial charge in [0.05, 0.1) is 6.10 Å². The zero-order valence-corrected chi connectivity index (χ0v) is 9.96. The van der Waals surface area contributed by atoms with Gasteiger partial charge in [0, 0.05) is 5.41 Å². The average Bonchev–Trinajstić information content (AvgIpc) is 2.74. The van der Waals surface area contributed by atoms with Crippen molar-refractivity contribution in [2.24, 2.45) is 5.41 Å². The molecule has 3 aliphatic rings. The van der Waals surface area contributed by atoms with Crippen molar-refractivity contribution in [2.75, 3.05) is 0 Å². The van der Waals surface area contributed by atoms with E-state index in [1.165, 1.54) is 0 Å². The summed E-state index contributed by atoms with van der Waals surface area (Å²) in [5, 5.41) is 41.2. The molecule has 0 unspecified atom stereocenters. The molecule has 0 amide bonds. The zero-order valence-electron chi connectivity index (χ0n) is 9.96. The molecule has 1 spiro atoms. The Bertz CT molecular complexity index is 334. The Hall–Kier alpha value is -0.200. The smallest absolute Gasteiger partial charge is 0.187 e. The van der Waals surface area contributed by atoms with Crippen LogP contribution in [-0.2, 0) is 4.74 Å². The van der Waals surface area contributed by atoms with E-state index in [0.29, 0.717) is 12.8 Å². The summed E-state index contributed by atoms with van der Waals surface area (Å²) in [4.78, 5) is 0. The second-order valence-corrected chi connectivity index (χ2v) is 5.81. The van der Waals surface area contributed by atoms with E-state index in [1.807, 2.05) is 0 Å². The molecule has 17 heavy (non-hydrogen) atoms. The molecule has 3 rings (SSSR count). The summed E-state index contributed by atoms with van der Waals surface area (Å²) in [7, 11) is 0. The highest BCUT2D eigenvalue weighted by atomic mass is 16.6. The Labute approximate surface area is 100 Å². The molecule has 0 aromatic carbocycles. The number of fused-ring (bicyclic) bond motifs is 3. The summed E-state index contributed by atoms with van der Waals surface area (Å²) in [6.07, 6.45) is 0.900. The van der Waals surface area contributed by atoms with Gasteiger partial charge < -0.3 is 25.2 Å². The highest BCUT2D eigenvalue weighted by Gasteiger charge is 2.93. The second-order valence-electron chi connectivity index (χ2n) is 5.81. The van der Waals surface area contributed by atoms with Crippen molar-refractivity contribution in [2.45, 2.75) is 68.7 Å². The first-order valence-electron chi connectivity index (χ1n) is 6.38. The summed E-state index contributed by atoms with van der Waals surface area (Å²) in [5.41, 5.74) is -4.11. The van der Waals surface area contributed by atoms with Gasteiger partial charge in [-0.1, -0.05) is 19.3 Å². The van der Waals surface area contributed by atoms with Crippen molar-refractivity contribution in [1.29, 1.82) is 0 Å². The van der Waals surface area contributed by atoms with Gasteiger partial charge in [0.1, 0.15) is 11.7 Å². The van der Waals surface area contributed by atoms with Crippen molar-refractivity contribution < 1.29 is 25.2 Å². The van der Waals surface area contributed by atoms with Crippen LogP contribution in [0.2, 0.25) is 0 Å². The Morgan fingerprint density at radius 1 is 1.00 bits per heavy atom. The highest BCUT2D eigenvalue weighted by Crippen LogP contribution is 2.75. The summed E-state index contributed by atoms with van der Waals surface area (Å²) < 4.78 is 5.14. The number of ether oxygens (including phenoxy) is 1. The first-order chi connectivity index (χ1) is 7.92. The number of aliphatic hydroxyl groups is 4. The molecule has 1 heterocycles. The first kappa shape index (κ1) is 11.9. The minimum absolute atomic E-state index is 0.629. The number of rotatable bonds is 0. The minimum atomic E-state index is -1.70. The fourth-order valence-electron chi connectivity index (χ4n) is 4.28. The fraction of sp³-hybridized carbons (Fsp3) is 1.00. The van der Waals surface area contributed by atoms with E-state index in [9.17, 15) is 20.4 Å². The van der Waals surface area contributed by atoms with Crippen LogP contribution >= 0.6 is 0 Å². The van der Waals surface area contributed by atoms with Crippen molar-refractivity contribution >= 4 is 0 Å². The van der Waals surface area contributed by atoms with Crippen LogP contribution in [0.4, 0.5) is 0 Å². The third-order valence-electron chi connectivity index (χ3n) is 5.26. The molecule has 2 aliphatic carbocycles. The molecule has 3 fully saturated rings. The van der Waals surface area contributed by atoms with Gasteiger partial charge in [0.2, 0.25) is 0 Å². The van der Waals surface area contributed by atoms with Crippen LogP contribution in [0, 0.1) is 5.41 Å². The van der Waals surface area contributed by atoms with Crippen LogP contribution in [0.5, 0.6) is 0 Å². The molecule has 0 radical (unpaired) electrons. The van der Waals surface area contributed by atoms with Gasteiger partial charge in [0.25, 0.3) is 0 Å². The topological polar surface area (TPSA) is 90.2 Å². The van der Waals surface area contributed by atoms with Crippen molar-refractivity contribution in [1.82, 2.24) is 0 Å². The van der Waals surface area contributed by atoms with Gasteiger partial charge in [-0.2, -0.15) is 0 Å². The van der Waals surface area contributed by atoms with Crippen LogP contribution in [0.25, 0.3) is 0 Å². The Balaban J connectivity index is 2.03. The zero-order chi connectivity index (χ0) is 12.5. The molecule has 0 aromatic rings. The molecule has 4 N–H and O–H groups in total. The van der Waals surface area contributed by atoms with E-state index in [-0.39, 0.29) is 0 Å². The monoisotopic (exact) mass is 244 g/mol. The number of aliphatic hydroxyl groups excluding tert-OH is 2. The van der Waals surface area contributed by atoms with Crippen LogP contribution in [-0.4, -0.2) is 50.1 Å². The van der Waals surface area contributed by atoms with Crippen molar-refractivity contribution in [3.8, 4) is 0 Å². The minimum Gasteiger partial charge on any atom is -0.387 e. The molecule has 0 aromatic heterocycles. The SMILES string of the molecule is C[C@@H]1O[C@@H](O)[C@@]2(O)C3(CCCCC3)[C@@]2(O)[C@H]1O. The quantitative estimate of drug-likeness (QED) is 0.462. The maximum absolute atomic E-state index is 10.7. The van der Waals surface area contributed by atoms with Gasteiger partial charge in [-0.25, -0.2) is 0 Å².